The molecule has 0 aliphatic carbocycles. The first-order valence-corrected chi connectivity index (χ1v) is 6.06. The smallest absolute Gasteiger partial charge is 0.400 e. The first-order valence-electron chi connectivity index (χ1n) is 6.06. The lowest BCUT2D eigenvalue weighted by molar-refractivity contribution is -0.402. The maximum Gasteiger partial charge on any atom is 0.433 e. The Morgan fingerprint density at radius 3 is 2.41 bits per heavy atom. The van der Waals surface area contributed by atoms with Gasteiger partial charge in [0, 0.05) is 0 Å². The molecule has 0 atom stereocenters. The molecule has 2 amide bonds. The Balaban J connectivity index is 1.78. The van der Waals surface area contributed by atoms with E-state index in [0.29, 0.717) is 0 Å². The number of urea groups is 1. The van der Waals surface area contributed by atoms with Crippen molar-refractivity contribution in [3.05, 3.63) is 63.9 Å². The van der Waals surface area contributed by atoms with Gasteiger partial charge in [0.2, 0.25) is 0 Å². The maximum atomic E-state index is 11.3. The first kappa shape index (κ1) is 14.9. The lowest BCUT2D eigenvalue weighted by Crippen LogP contribution is -2.28. The van der Waals surface area contributed by atoms with Gasteiger partial charge in [0.25, 0.3) is 0 Å². The van der Waals surface area contributed by atoms with Crippen molar-refractivity contribution in [2.24, 2.45) is 10.2 Å². The van der Waals surface area contributed by atoms with Gasteiger partial charge in [0.1, 0.15) is 4.92 Å². The van der Waals surface area contributed by atoms with Gasteiger partial charge in [0.05, 0.1) is 18.5 Å². The predicted molar refractivity (Wildman–Crippen MR) is 78.7 cm³/mol. The summed E-state index contributed by atoms with van der Waals surface area (Å²) in [4.78, 5) is 21.1. The largest absolute Gasteiger partial charge is 0.433 e. The summed E-state index contributed by atoms with van der Waals surface area (Å²) in [5.41, 5.74) is 5.17. The molecule has 0 aliphatic rings. The Labute approximate surface area is 124 Å². The van der Waals surface area contributed by atoms with Crippen LogP contribution in [0, 0.1) is 10.1 Å². The van der Waals surface area contributed by atoms with Crippen LogP contribution >= 0.6 is 0 Å². The first-order chi connectivity index (χ1) is 10.6. The van der Waals surface area contributed by atoms with Gasteiger partial charge >= 0.3 is 11.9 Å². The van der Waals surface area contributed by atoms with Crippen molar-refractivity contribution in [2.45, 2.75) is 0 Å². The lowest BCUT2D eigenvalue weighted by atomic mass is 10.2. The number of hydrogen-bond acceptors (Lipinski definition) is 6. The minimum absolute atomic E-state index is 0.139. The molecule has 0 fully saturated rings. The molecule has 0 aliphatic heterocycles. The normalized spacial score (nSPS) is 10.9. The van der Waals surface area contributed by atoms with E-state index in [9.17, 15) is 14.9 Å². The van der Waals surface area contributed by atoms with E-state index in [1.54, 1.807) is 0 Å². The van der Waals surface area contributed by atoms with Gasteiger partial charge in [-0.1, -0.05) is 30.3 Å². The van der Waals surface area contributed by atoms with E-state index in [2.05, 4.69) is 21.1 Å². The van der Waals surface area contributed by atoms with E-state index in [4.69, 9.17) is 4.42 Å². The summed E-state index contributed by atoms with van der Waals surface area (Å²) in [5, 5.41) is 17.7. The number of hydrazone groups is 2. The van der Waals surface area contributed by atoms with Crippen LogP contribution in [-0.2, 0) is 0 Å². The quantitative estimate of drug-likeness (QED) is 0.497. The summed E-state index contributed by atoms with van der Waals surface area (Å²) in [7, 11) is 0. The second kappa shape index (κ2) is 7.33. The Bertz CT molecular complexity index is 708. The lowest BCUT2D eigenvalue weighted by Gasteiger charge is -1.96. The zero-order chi connectivity index (χ0) is 15.8. The summed E-state index contributed by atoms with van der Waals surface area (Å²) in [6, 6.07) is 11.1. The van der Waals surface area contributed by atoms with Gasteiger partial charge in [0.15, 0.2) is 5.76 Å². The van der Waals surface area contributed by atoms with Crippen LogP contribution in [0.25, 0.3) is 0 Å². The number of furan rings is 1. The highest BCUT2D eigenvalue weighted by Gasteiger charge is 2.10. The standard InChI is InChI=1S/C13H11N5O4/c19-13(16-14-8-10-4-2-1-3-5-10)17-15-9-11-6-7-12(22-11)18(20)21/h1-9H,(H2,16,17,19)/b14-8+,15-9-. The highest BCUT2D eigenvalue weighted by Crippen LogP contribution is 2.13. The molecule has 22 heavy (non-hydrogen) atoms. The minimum Gasteiger partial charge on any atom is -0.400 e. The van der Waals surface area contributed by atoms with Crippen molar-refractivity contribution in [1.29, 1.82) is 0 Å². The fraction of sp³-hybridized carbons (Fsp3) is 0. The van der Waals surface area contributed by atoms with E-state index in [0.717, 1.165) is 11.8 Å². The Morgan fingerprint density at radius 2 is 1.77 bits per heavy atom. The molecule has 9 heteroatoms. The van der Waals surface area contributed by atoms with Crippen molar-refractivity contribution in [3.8, 4) is 0 Å². The van der Waals surface area contributed by atoms with Crippen LogP contribution in [-0.4, -0.2) is 23.4 Å². The second-order valence-corrected chi connectivity index (χ2v) is 3.91. The molecule has 2 rings (SSSR count). The average molecular weight is 301 g/mol. The molecule has 0 bridgehead atoms. The van der Waals surface area contributed by atoms with Crippen molar-refractivity contribution >= 4 is 24.3 Å². The van der Waals surface area contributed by atoms with Gasteiger partial charge in [-0.2, -0.15) is 10.2 Å². The molecule has 0 spiro atoms. The Kier molecular flexibility index (Phi) is 4.97. The van der Waals surface area contributed by atoms with Crippen LogP contribution < -0.4 is 10.9 Å². The van der Waals surface area contributed by atoms with Gasteiger partial charge in [-0.15, -0.1) is 0 Å². The molecule has 9 nitrogen and oxygen atoms in total. The molecular formula is C13H11N5O4. The summed E-state index contributed by atoms with van der Waals surface area (Å²) in [6.45, 7) is 0. The maximum absolute atomic E-state index is 11.3. The van der Waals surface area contributed by atoms with Gasteiger partial charge in [-0.25, -0.2) is 15.6 Å². The fourth-order valence-electron chi connectivity index (χ4n) is 1.39. The SMILES string of the molecule is O=C(N/N=C\c1ccc([N+](=O)[O-])o1)N/N=C/c1ccccc1. The van der Waals surface area contributed by atoms with Crippen LogP contribution in [0.1, 0.15) is 11.3 Å². The van der Waals surface area contributed by atoms with Gasteiger partial charge in [-0.3, -0.25) is 10.1 Å². The van der Waals surface area contributed by atoms with Crippen molar-refractivity contribution in [2.75, 3.05) is 0 Å². The Hall–Kier alpha value is -3.49. The van der Waals surface area contributed by atoms with E-state index in [1.807, 2.05) is 30.3 Å². The zero-order valence-corrected chi connectivity index (χ0v) is 11.2. The molecule has 0 saturated carbocycles. The van der Waals surface area contributed by atoms with Crippen LogP contribution in [0.4, 0.5) is 10.7 Å². The number of rotatable bonds is 5. The minimum atomic E-state index is -0.671. The van der Waals surface area contributed by atoms with E-state index in [1.165, 1.54) is 18.3 Å². The number of carbonyl (C=O) groups is 1. The highest BCUT2D eigenvalue weighted by molar-refractivity contribution is 5.82. The van der Waals surface area contributed by atoms with Crippen LogP contribution in [0.2, 0.25) is 0 Å². The number of hydrogen-bond donors (Lipinski definition) is 2. The third-order valence-electron chi connectivity index (χ3n) is 2.33. The molecule has 2 aromatic rings. The summed E-state index contributed by atoms with van der Waals surface area (Å²) in [5.74, 6) is -0.266. The van der Waals surface area contributed by atoms with Crippen molar-refractivity contribution in [3.63, 3.8) is 0 Å². The predicted octanol–water partition coefficient (Wildman–Crippen LogP) is 1.85. The van der Waals surface area contributed by atoms with E-state index < -0.39 is 16.8 Å². The Morgan fingerprint density at radius 1 is 1.09 bits per heavy atom. The van der Waals surface area contributed by atoms with Crippen molar-refractivity contribution < 1.29 is 14.1 Å². The van der Waals surface area contributed by atoms with E-state index in [-0.39, 0.29) is 5.76 Å². The summed E-state index contributed by atoms with van der Waals surface area (Å²) < 4.78 is 4.82. The molecule has 2 N–H and O–H groups in total. The average Bonchev–Trinajstić information content (AvgIpc) is 2.97. The number of nitrogens with zero attached hydrogens (tertiary/aromatic N) is 3. The molecule has 0 radical (unpaired) electrons. The number of nitrogens with one attached hydrogen (secondary N) is 2. The molecule has 0 unspecified atom stereocenters. The summed E-state index contributed by atoms with van der Waals surface area (Å²) in [6.07, 6.45) is 2.60. The van der Waals surface area contributed by atoms with Crippen LogP contribution in [0.5, 0.6) is 0 Å². The molecule has 0 saturated heterocycles. The zero-order valence-electron chi connectivity index (χ0n) is 11.2. The number of nitro groups is 1. The van der Waals surface area contributed by atoms with Gasteiger partial charge < -0.3 is 4.42 Å². The second-order valence-electron chi connectivity index (χ2n) is 3.91. The number of benzene rings is 1. The topological polar surface area (TPSA) is 122 Å². The van der Waals surface area contributed by atoms with E-state index >= 15 is 0 Å². The molecule has 1 heterocycles. The number of carbonyl (C=O) groups excluding carboxylic acids is 1. The number of amides is 2. The molecule has 1 aromatic heterocycles. The fourth-order valence-corrected chi connectivity index (χ4v) is 1.39. The van der Waals surface area contributed by atoms with Gasteiger partial charge in [-0.05, 0) is 11.6 Å². The molecule has 1 aromatic carbocycles. The molecular weight excluding hydrogens is 290 g/mol. The highest BCUT2D eigenvalue weighted by atomic mass is 16.6. The third-order valence-corrected chi connectivity index (χ3v) is 2.33. The van der Waals surface area contributed by atoms with Crippen LogP contribution in [0.3, 0.4) is 0 Å². The summed E-state index contributed by atoms with van der Waals surface area (Å²) >= 11 is 0. The van der Waals surface area contributed by atoms with Crippen molar-refractivity contribution in [1.82, 2.24) is 10.9 Å². The molecule has 112 valence electrons. The van der Waals surface area contributed by atoms with Crippen LogP contribution in [0.15, 0.2) is 57.1 Å². The monoisotopic (exact) mass is 301 g/mol. The third kappa shape index (κ3) is 4.56.